The summed E-state index contributed by atoms with van der Waals surface area (Å²) in [6.45, 7) is 6.15. The number of ether oxygens (including phenoxy) is 2. The topological polar surface area (TPSA) is 68.6 Å². The fraction of sp³-hybridized carbons (Fsp3) is 0.360. The Balaban J connectivity index is 1.43. The lowest BCUT2D eigenvalue weighted by molar-refractivity contribution is 0.103. The number of hydrogen-bond acceptors (Lipinski definition) is 4. The lowest BCUT2D eigenvalue weighted by atomic mass is 10.1. The number of rotatable bonds is 6. The van der Waals surface area contributed by atoms with Crippen LogP contribution < -0.4 is 10.1 Å². The minimum absolute atomic E-state index is 0.144. The van der Waals surface area contributed by atoms with E-state index in [0.717, 1.165) is 34.5 Å². The normalized spacial score (nSPS) is 13.1. The molecule has 0 aliphatic carbocycles. The Morgan fingerprint density at radius 1 is 1.09 bits per heavy atom. The number of carbonyl (C=O) groups is 1. The van der Waals surface area contributed by atoms with Crippen LogP contribution in [0.1, 0.15) is 33.6 Å². The Bertz CT molecular complexity index is 1110. The highest BCUT2D eigenvalue weighted by Gasteiger charge is 2.27. The van der Waals surface area contributed by atoms with Gasteiger partial charge in [0, 0.05) is 31.3 Å². The van der Waals surface area contributed by atoms with E-state index in [4.69, 9.17) is 9.47 Å². The van der Waals surface area contributed by atoms with Crippen LogP contribution in [0, 0.1) is 13.8 Å². The first-order chi connectivity index (χ1) is 15.4. The quantitative estimate of drug-likeness (QED) is 0.626. The van der Waals surface area contributed by atoms with Crippen molar-refractivity contribution in [2.24, 2.45) is 7.05 Å². The Kier molecular flexibility index (Phi) is 6.46. The van der Waals surface area contributed by atoms with Gasteiger partial charge in [0.15, 0.2) is 0 Å². The number of carbonyl (C=O) groups excluding carboxylic acids is 1. The van der Waals surface area contributed by atoms with Gasteiger partial charge in [0.05, 0.1) is 38.2 Å². The largest absolute Gasteiger partial charge is 0.495 e. The predicted octanol–water partition coefficient (Wildman–Crippen LogP) is 4.35. The standard InChI is InChI=1S/C25H30N4O3/c1-17-5-8-19(9-6-17)15-32-16-22-20-14-29(12-11-23(20)28(3)27-22)25(30)26-21-13-18(2)7-10-24(21)31-4/h5-10,13H,11-12,14-16H2,1-4H3,(H,26,30). The number of urea groups is 1. The highest BCUT2D eigenvalue weighted by molar-refractivity contribution is 5.91. The van der Waals surface area contributed by atoms with Gasteiger partial charge in [-0.15, -0.1) is 0 Å². The molecule has 168 valence electrons. The van der Waals surface area contributed by atoms with Crippen LogP contribution >= 0.6 is 0 Å². The highest BCUT2D eigenvalue weighted by atomic mass is 16.5. The molecular formula is C25H30N4O3. The van der Waals surface area contributed by atoms with Crippen molar-refractivity contribution in [3.05, 3.63) is 76.1 Å². The third-order valence-electron chi connectivity index (χ3n) is 5.84. The summed E-state index contributed by atoms with van der Waals surface area (Å²) in [7, 11) is 3.56. The van der Waals surface area contributed by atoms with Gasteiger partial charge in [-0.25, -0.2) is 4.79 Å². The summed E-state index contributed by atoms with van der Waals surface area (Å²) in [4.78, 5) is 14.8. The molecule has 2 heterocycles. The molecule has 1 aliphatic rings. The van der Waals surface area contributed by atoms with Crippen LogP contribution in [0.4, 0.5) is 10.5 Å². The highest BCUT2D eigenvalue weighted by Crippen LogP contribution is 2.27. The Hall–Kier alpha value is -3.32. The molecule has 2 aromatic carbocycles. The third-order valence-corrected chi connectivity index (χ3v) is 5.84. The zero-order chi connectivity index (χ0) is 22.7. The molecule has 7 nitrogen and oxygen atoms in total. The van der Waals surface area contributed by atoms with Gasteiger partial charge < -0.3 is 19.7 Å². The molecule has 1 aromatic heterocycles. The van der Waals surface area contributed by atoms with Crippen molar-refractivity contribution in [2.75, 3.05) is 19.0 Å². The van der Waals surface area contributed by atoms with Crippen LogP contribution in [0.5, 0.6) is 5.75 Å². The van der Waals surface area contributed by atoms with Crippen LogP contribution in [0.2, 0.25) is 0 Å². The Morgan fingerprint density at radius 2 is 1.84 bits per heavy atom. The Labute approximate surface area is 188 Å². The maximum Gasteiger partial charge on any atom is 0.322 e. The molecule has 0 saturated heterocycles. The second-order valence-corrected chi connectivity index (χ2v) is 8.28. The molecule has 0 saturated carbocycles. The number of hydrogen-bond donors (Lipinski definition) is 1. The van der Waals surface area contributed by atoms with E-state index in [1.54, 1.807) is 7.11 Å². The summed E-state index contributed by atoms with van der Waals surface area (Å²) in [5.74, 6) is 0.647. The molecule has 0 bridgehead atoms. The van der Waals surface area contributed by atoms with Crippen molar-refractivity contribution in [1.82, 2.24) is 14.7 Å². The molecule has 0 unspecified atom stereocenters. The smallest absolute Gasteiger partial charge is 0.322 e. The first-order valence-corrected chi connectivity index (χ1v) is 10.8. The van der Waals surface area contributed by atoms with E-state index in [0.29, 0.717) is 37.7 Å². The minimum atomic E-state index is -0.144. The number of aryl methyl sites for hydroxylation is 3. The van der Waals surface area contributed by atoms with Gasteiger partial charge in [0.2, 0.25) is 0 Å². The predicted molar refractivity (Wildman–Crippen MR) is 124 cm³/mol. The van der Waals surface area contributed by atoms with Crippen LogP contribution in [0.15, 0.2) is 42.5 Å². The first-order valence-electron chi connectivity index (χ1n) is 10.8. The molecule has 4 rings (SSSR count). The lowest BCUT2D eigenvalue weighted by Gasteiger charge is -2.28. The molecule has 7 heteroatoms. The number of benzene rings is 2. The number of fused-ring (bicyclic) bond motifs is 1. The summed E-state index contributed by atoms with van der Waals surface area (Å²) in [6, 6.07) is 13.9. The van der Waals surface area contributed by atoms with Gasteiger partial charge in [-0.1, -0.05) is 35.9 Å². The molecule has 1 N–H and O–H groups in total. The number of anilines is 1. The molecule has 2 amide bonds. The van der Waals surface area contributed by atoms with Crippen molar-refractivity contribution in [2.45, 2.75) is 40.0 Å². The van der Waals surface area contributed by atoms with Gasteiger partial charge in [-0.05, 0) is 37.1 Å². The van der Waals surface area contributed by atoms with Crippen LogP contribution in [-0.4, -0.2) is 34.4 Å². The van der Waals surface area contributed by atoms with Crippen molar-refractivity contribution in [3.8, 4) is 5.75 Å². The number of nitrogens with one attached hydrogen (secondary N) is 1. The zero-order valence-electron chi connectivity index (χ0n) is 19.1. The molecule has 32 heavy (non-hydrogen) atoms. The molecule has 0 radical (unpaired) electrons. The lowest BCUT2D eigenvalue weighted by Crippen LogP contribution is -2.39. The number of aromatic nitrogens is 2. The number of methoxy groups -OCH3 is 1. The summed E-state index contributed by atoms with van der Waals surface area (Å²) >= 11 is 0. The summed E-state index contributed by atoms with van der Waals surface area (Å²) in [5.41, 5.74) is 7.23. The van der Waals surface area contributed by atoms with Crippen molar-refractivity contribution in [3.63, 3.8) is 0 Å². The molecule has 0 spiro atoms. The van der Waals surface area contributed by atoms with E-state index >= 15 is 0 Å². The van der Waals surface area contributed by atoms with E-state index in [1.807, 2.05) is 41.8 Å². The molecule has 3 aromatic rings. The van der Waals surface area contributed by atoms with E-state index < -0.39 is 0 Å². The summed E-state index contributed by atoms with van der Waals surface area (Å²) in [6.07, 6.45) is 0.759. The Morgan fingerprint density at radius 3 is 2.59 bits per heavy atom. The average molecular weight is 435 g/mol. The van der Waals surface area contributed by atoms with Crippen molar-refractivity contribution in [1.29, 1.82) is 0 Å². The minimum Gasteiger partial charge on any atom is -0.495 e. The SMILES string of the molecule is COc1ccc(C)cc1NC(=O)N1CCc2c(c(COCc3ccc(C)cc3)nn2C)C1. The third kappa shape index (κ3) is 4.78. The summed E-state index contributed by atoms with van der Waals surface area (Å²) in [5, 5.41) is 7.67. The molecule has 0 fully saturated rings. The van der Waals surface area contributed by atoms with E-state index in [9.17, 15) is 4.79 Å². The van der Waals surface area contributed by atoms with Crippen molar-refractivity contribution < 1.29 is 14.3 Å². The molecule has 1 aliphatic heterocycles. The zero-order valence-corrected chi connectivity index (χ0v) is 19.1. The van der Waals surface area contributed by atoms with Crippen LogP contribution in [0.3, 0.4) is 0 Å². The molecule has 0 atom stereocenters. The van der Waals surface area contributed by atoms with Crippen LogP contribution in [0.25, 0.3) is 0 Å². The van der Waals surface area contributed by atoms with Crippen molar-refractivity contribution >= 4 is 11.7 Å². The first kappa shape index (κ1) is 21.9. The summed E-state index contributed by atoms with van der Waals surface area (Å²) < 4.78 is 13.3. The van der Waals surface area contributed by atoms with E-state index in [1.165, 1.54) is 5.56 Å². The average Bonchev–Trinajstić information content (AvgIpc) is 3.10. The fourth-order valence-corrected chi connectivity index (χ4v) is 4.02. The molecular weight excluding hydrogens is 404 g/mol. The van der Waals surface area contributed by atoms with Gasteiger partial charge in [0.1, 0.15) is 5.75 Å². The fourth-order valence-electron chi connectivity index (χ4n) is 4.02. The van der Waals surface area contributed by atoms with E-state index in [-0.39, 0.29) is 6.03 Å². The van der Waals surface area contributed by atoms with Gasteiger partial charge in [0.25, 0.3) is 0 Å². The number of nitrogens with zero attached hydrogens (tertiary/aromatic N) is 3. The van der Waals surface area contributed by atoms with Crippen LogP contribution in [-0.2, 0) is 38.0 Å². The second-order valence-electron chi connectivity index (χ2n) is 8.28. The second kappa shape index (κ2) is 9.44. The van der Waals surface area contributed by atoms with E-state index in [2.05, 4.69) is 41.6 Å². The maximum atomic E-state index is 13.0. The van der Waals surface area contributed by atoms with Gasteiger partial charge in [-0.3, -0.25) is 4.68 Å². The van der Waals surface area contributed by atoms with Gasteiger partial charge >= 0.3 is 6.03 Å². The van der Waals surface area contributed by atoms with Gasteiger partial charge in [-0.2, -0.15) is 5.10 Å². The monoisotopic (exact) mass is 434 g/mol. The number of amides is 2. The maximum absolute atomic E-state index is 13.0.